The van der Waals surface area contributed by atoms with E-state index in [-0.39, 0.29) is 17.4 Å². The van der Waals surface area contributed by atoms with Crippen LogP contribution in [0.3, 0.4) is 0 Å². The molecule has 29 heavy (non-hydrogen) atoms. The number of likely N-dealkylation sites (tertiary alicyclic amines) is 1. The molecule has 2 aliphatic heterocycles. The highest BCUT2D eigenvalue weighted by molar-refractivity contribution is 5.94. The van der Waals surface area contributed by atoms with Gasteiger partial charge in [-0.3, -0.25) is 14.7 Å². The average molecular weight is 394 g/mol. The third-order valence-electron chi connectivity index (χ3n) is 6.70. The molecule has 3 heterocycles. The Morgan fingerprint density at radius 3 is 2.59 bits per heavy atom. The van der Waals surface area contributed by atoms with Crippen molar-refractivity contribution in [2.24, 2.45) is 0 Å². The summed E-state index contributed by atoms with van der Waals surface area (Å²) in [4.78, 5) is 21.3. The Labute approximate surface area is 173 Å². The van der Waals surface area contributed by atoms with E-state index in [4.69, 9.17) is 4.74 Å². The van der Waals surface area contributed by atoms with Crippen LogP contribution in [-0.2, 0) is 12.0 Å². The zero-order valence-corrected chi connectivity index (χ0v) is 17.7. The van der Waals surface area contributed by atoms with Crippen molar-refractivity contribution in [2.75, 3.05) is 26.7 Å². The minimum Gasteiger partial charge on any atom is -0.493 e. The number of carbonyl (C=O) groups is 1. The molecule has 5 nitrogen and oxygen atoms in total. The molecule has 0 bridgehead atoms. The molecule has 0 atom stereocenters. The molecule has 0 radical (unpaired) electrons. The highest BCUT2D eigenvalue weighted by Crippen LogP contribution is 2.46. The number of benzene rings is 1. The van der Waals surface area contributed by atoms with Crippen LogP contribution in [0.2, 0.25) is 0 Å². The van der Waals surface area contributed by atoms with Crippen LogP contribution in [0.5, 0.6) is 5.75 Å². The Bertz CT molecular complexity index is 858. The molecule has 0 saturated carbocycles. The van der Waals surface area contributed by atoms with Crippen molar-refractivity contribution in [3.05, 3.63) is 59.4 Å². The Morgan fingerprint density at radius 1 is 1.17 bits per heavy atom. The number of rotatable bonds is 4. The molecular weight excluding hydrogens is 362 g/mol. The van der Waals surface area contributed by atoms with E-state index in [0.29, 0.717) is 0 Å². The summed E-state index contributed by atoms with van der Waals surface area (Å²) >= 11 is 0. The summed E-state index contributed by atoms with van der Waals surface area (Å²) < 4.78 is 5.97. The zero-order valence-electron chi connectivity index (χ0n) is 17.7. The van der Waals surface area contributed by atoms with Crippen LogP contribution in [0, 0.1) is 0 Å². The molecule has 0 N–H and O–H groups in total. The fourth-order valence-corrected chi connectivity index (χ4v) is 4.54. The van der Waals surface area contributed by atoms with Crippen LogP contribution in [0.4, 0.5) is 0 Å². The van der Waals surface area contributed by atoms with Gasteiger partial charge in [0.1, 0.15) is 5.75 Å². The lowest BCUT2D eigenvalue weighted by atomic mass is 9.69. The predicted octanol–water partition coefficient (Wildman–Crippen LogP) is 3.88. The van der Waals surface area contributed by atoms with E-state index in [1.165, 1.54) is 11.1 Å². The number of piperidine rings is 1. The number of nitrogens with zero attached hydrogens (tertiary/aromatic N) is 3. The number of aromatic nitrogens is 1. The number of ether oxygens (including phenoxy) is 1. The minimum absolute atomic E-state index is 0.0821. The van der Waals surface area contributed by atoms with Gasteiger partial charge < -0.3 is 9.64 Å². The normalized spacial score (nSPS) is 18.3. The molecule has 1 aromatic heterocycles. The Hall–Kier alpha value is -2.40. The van der Waals surface area contributed by atoms with Gasteiger partial charge >= 0.3 is 0 Å². The van der Waals surface area contributed by atoms with Crippen molar-refractivity contribution in [1.29, 1.82) is 0 Å². The van der Waals surface area contributed by atoms with Crippen molar-refractivity contribution in [3.63, 3.8) is 0 Å². The van der Waals surface area contributed by atoms with Crippen molar-refractivity contribution in [3.8, 4) is 5.75 Å². The van der Waals surface area contributed by atoms with E-state index < -0.39 is 0 Å². The number of pyridine rings is 1. The van der Waals surface area contributed by atoms with Crippen molar-refractivity contribution < 1.29 is 9.53 Å². The first kappa shape index (κ1) is 19.9. The molecule has 1 spiro atoms. The van der Waals surface area contributed by atoms with Gasteiger partial charge in [0.25, 0.3) is 5.91 Å². The summed E-state index contributed by atoms with van der Waals surface area (Å²) in [6.07, 6.45) is 6.96. The quantitative estimate of drug-likeness (QED) is 0.791. The minimum atomic E-state index is 0.0821. The van der Waals surface area contributed by atoms with Gasteiger partial charge in [0.15, 0.2) is 0 Å². The second-order valence-electron chi connectivity index (χ2n) is 8.73. The number of fused-ring (bicyclic) bond motifs is 2. The van der Waals surface area contributed by atoms with Crippen LogP contribution >= 0.6 is 0 Å². The van der Waals surface area contributed by atoms with Gasteiger partial charge in [-0.25, -0.2) is 0 Å². The summed E-state index contributed by atoms with van der Waals surface area (Å²) in [6.45, 7) is 7.94. The smallest absolute Gasteiger partial charge is 0.253 e. The number of carbonyl (C=O) groups excluding carboxylic acids is 1. The number of hydrogen-bond acceptors (Lipinski definition) is 4. The summed E-state index contributed by atoms with van der Waals surface area (Å²) in [5.74, 6) is 1.04. The third kappa shape index (κ3) is 4.01. The molecule has 1 amide bonds. The molecule has 1 fully saturated rings. The standard InChI is InChI=1S/C24H31N3O2/c1-18(2)26(3)23(28)20-4-5-22-21(16-20)24(10-15-29-22)8-13-27(14-9-24)17-19-6-11-25-12-7-19/h4-7,11-12,16,18H,8-10,13-15,17H2,1-3H3. The van der Waals surface area contributed by atoms with Gasteiger partial charge in [-0.2, -0.15) is 0 Å². The summed E-state index contributed by atoms with van der Waals surface area (Å²) in [6, 6.07) is 10.4. The highest BCUT2D eigenvalue weighted by atomic mass is 16.5. The van der Waals surface area contributed by atoms with Crippen LogP contribution in [0.25, 0.3) is 0 Å². The second-order valence-corrected chi connectivity index (χ2v) is 8.73. The van der Waals surface area contributed by atoms with Gasteiger partial charge in [0.2, 0.25) is 0 Å². The van der Waals surface area contributed by atoms with Crippen LogP contribution in [-0.4, -0.2) is 53.5 Å². The lowest BCUT2D eigenvalue weighted by Crippen LogP contribution is -2.45. The molecule has 4 rings (SSSR count). The van der Waals surface area contributed by atoms with Crippen LogP contribution < -0.4 is 4.74 Å². The van der Waals surface area contributed by atoms with Gasteiger partial charge in [0.05, 0.1) is 6.61 Å². The maximum absolute atomic E-state index is 12.9. The van der Waals surface area contributed by atoms with E-state index in [9.17, 15) is 4.79 Å². The van der Waals surface area contributed by atoms with E-state index in [0.717, 1.165) is 56.8 Å². The molecule has 154 valence electrons. The molecular formula is C24H31N3O2. The van der Waals surface area contributed by atoms with Gasteiger partial charge in [-0.1, -0.05) is 0 Å². The third-order valence-corrected chi connectivity index (χ3v) is 6.70. The molecule has 5 heteroatoms. The largest absolute Gasteiger partial charge is 0.493 e. The van der Waals surface area contributed by atoms with Crippen molar-refractivity contribution >= 4 is 5.91 Å². The summed E-state index contributed by atoms with van der Waals surface area (Å²) in [5, 5.41) is 0. The number of hydrogen-bond donors (Lipinski definition) is 0. The average Bonchev–Trinajstić information content (AvgIpc) is 2.75. The summed E-state index contributed by atoms with van der Waals surface area (Å²) in [5.41, 5.74) is 3.43. The maximum atomic E-state index is 12.9. The first-order chi connectivity index (χ1) is 14.0. The van der Waals surface area contributed by atoms with E-state index in [1.807, 2.05) is 45.4 Å². The van der Waals surface area contributed by atoms with Gasteiger partial charge in [-0.15, -0.1) is 0 Å². The van der Waals surface area contributed by atoms with Crippen LogP contribution in [0.15, 0.2) is 42.7 Å². The Morgan fingerprint density at radius 2 is 1.90 bits per heavy atom. The van der Waals surface area contributed by atoms with Gasteiger partial charge in [0, 0.05) is 48.6 Å². The van der Waals surface area contributed by atoms with E-state index in [1.54, 1.807) is 4.90 Å². The molecule has 0 aliphatic carbocycles. The molecule has 0 unspecified atom stereocenters. The second kappa shape index (κ2) is 8.15. The van der Waals surface area contributed by atoms with E-state index in [2.05, 4.69) is 28.1 Å². The predicted molar refractivity (Wildman–Crippen MR) is 114 cm³/mol. The monoisotopic (exact) mass is 393 g/mol. The first-order valence-corrected chi connectivity index (χ1v) is 10.6. The van der Waals surface area contributed by atoms with Crippen molar-refractivity contribution in [1.82, 2.24) is 14.8 Å². The maximum Gasteiger partial charge on any atom is 0.253 e. The lowest BCUT2D eigenvalue weighted by Gasteiger charge is -2.45. The Kier molecular flexibility index (Phi) is 5.59. The molecule has 1 aromatic carbocycles. The Balaban J connectivity index is 1.53. The first-order valence-electron chi connectivity index (χ1n) is 10.6. The fraction of sp³-hybridized carbons (Fsp3) is 0.500. The fourth-order valence-electron chi connectivity index (χ4n) is 4.54. The zero-order chi connectivity index (χ0) is 20.4. The number of amides is 1. The summed E-state index contributed by atoms with van der Waals surface area (Å²) in [7, 11) is 1.87. The van der Waals surface area contributed by atoms with Crippen LogP contribution in [0.1, 0.15) is 54.6 Å². The van der Waals surface area contributed by atoms with Crippen molar-refractivity contribution in [2.45, 2.75) is 51.1 Å². The molecule has 1 saturated heterocycles. The van der Waals surface area contributed by atoms with E-state index >= 15 is 0 Å². The highest BCUT2D eigenvalue weighted by Gasteiger charge is 2.40. The van der Waals surface area contributed by atoms with Gasteiger partial charge in [-0.05, 0) is 82.1 Å². The lowest BCUT2D eigenvalue weighted by molar-refractivity contribution is 0.0753. The topological polar surface area (TPSA) is 45.7 Å². The molecule has 2 aromatic rings. The molecule has 2 aliphatic rings. The SMILES string of the molecule is CC(C)N(C)C(=O)c1ccc2c(c1)C1(CCO2)CCN(Cc2ccncc2)CC1.